The van der Waals surface area contributed by atoms with Crippen LogP contribution in [0.15, 0.2) is 64.9 Å². The number of carbonyl (C=O) groups is 2. The third kappa shape index (κ3) is 5.31. The van der Waals surface area contributed by atoms with E-state index in [4.69, 9.17) is 9.15 Å². The van der Waals surface area contributed by atoms with Crippen molar-refractivity contribution in [3.05, 3.63) is 77.5 Å². The first-order chi connectivity index (χ1) is 15.1. The lowest BCUT2D eigenvalue weighted by Gasteiger charge is -2.06. The van der Waals surface area contributed by atoms with Gasteiger partial charge in [-0.05, 0) is 43.3 Å². The lowest BCUT2D eigenvalue weighted by Crippen LogP contribution is -2.15. The standard InChI is InChI=1S/C21H17N5O4S/c1-13-17(7-10-29-13)19(28)26-21-25-15(12-31-21)11-18(27)24-14-3-5-16(6-4-14)30-20-22-8-2-9-23-20/h2-10,12H,11H2,1H3,(H,24,27)(H,25,26,28). The van der Waals surface area contributed by atoms with Gasteiger partial charge < -0.3 is 14.5 Å². The third-order valence-electron chi connectivity index (χ3n) is 4.11. The Morgan fingerprint density at radius 3 is 2.58 bits per heavy atom. The summed E-state index contributed by atoms with van der Waals surface area (Å²) in [4.78, 5) is 36.8. The largest absolute Gasteiger partial charge is 0.469 e. The quantitative estimate of drug-likeness (QED) is 0.449. The summed E-state index contributed by atoms with van der Waals surface area (Å²) in [5.74, 6) is 0.548. The van der Waals surface area contributed by atoms with Crippen LogP contribution >= 0.6 is 11.3 Å². The van der Waals surface area contributed by atoms with E-state index < -0.39 is 0 Å². The van der Waals surface area contributed by atoms with Crippen LogP contribution in [0.1, 0.15) is 21.8 Å². The van der Waals surface area contributed by atoms with E-state index in [2.05, 4.69) is 25.6 Å². The molecular formula is C21H17N5O4S. The van der Waals surface area contributed by atoms with Gasteiger partial charge in [0.05, 0.1) is 23.9 Å². The molecule has 0 aliphatic carbocycles. The van der Waals surface area contributed by atoms with Gasteiger partial charge in [0.15, 0.2) is 5.13 Å². The number of aromatic nitrogens is 3. The summed E-state index contributed by atoms with van der Waals surface area (Å²) in [5.41, 5.74) is 1.62. The average Bonchev–Trinajstić information content (AvgIpc) is 3.39. The van der Waals surface area contributed by atoms with Crippen molar-refractivity contribution >= 4 is 34.0 Å². The molecule has 0 aliphatic rings. The molecule has 156 valence electrons. The van der Waals surface area contributed by atoms with E-state index in [1.807, 2.05) is 0 Å². The van der Waals surface area contributed by atoms with Gasteiger partial charge in [-0.25, -0.2) is 15.0 Å². The smallest absolute Gasteiger partial charge is 0.321 e. The van der Waals surface area contributed by atoms with Gasteiger partial charge in [0.25, 0.3) is 5.91 Å². The monoisotopic (exact) mass is 435 g/mol. The van der Waals surface area contributed by atoms with Crippen LogP contribution in [0, 0.1) is 6.92 Å². The topological polar surface area (TPSA) is 119 Å². The Hall–Kier alpha value is -4.05. The van der Waals surface area contributed by atoms with Crippen LogP contribution in [0.25, 0.3) is 0 Å². The summed E-state index contributed by atoms with van der Waals surface area (Å²) in [6.45, 7) is 1.71. The molecule has 0 bridgehead atoms. The number of anilines is 2. The number of furan rings is 1. The van der Waals surface area contributed by atoms with Gasteiger partial charge in [0.2, 0.25) is 5.91 Å². The molecule has 0 unspecified atom stereocenters. The van der Waals surface area contributed by atoms with Gasteiger partial charge in [-0.3, -0.25) is 14.9 Å². The van der Waals surface area contributed by atoms with E-state index in [-0.39, 0.29) is 24.2 Å². The maximum atomic E-state index is 12.3. The molecule has 31 heavy (non-hydrogen) atoms. The lowest BCUT2D eigenvalue weighted by molar-refractivity contribution is -0.115. The molecule has 3 aromatic heterocycles. The Bertz CT molecular complexity index is 1190. The minimum absolute atomic E-state index is 0.0766. The zero-order valence-electron chi connectivity index (χ0n) is 16.4. The van der Waals surface area contributed by atoms with Crippen molar-refractivity contribution < 1.29 is 18.7 Å². The predicted molar refractivity (Wildman–Crippen MR) is 114 cm³/mol. The number of aryl methyl sites for hydroxylation is 1. The fourth-order valence-corrected chi connectivity index (χ4v) is 3.36. The number of hydrogen-bond donors (Lipinski definition) is 2. The minimum atomic E-state index is -0.306. The summed E-state index contributed by atoms with van der Waals surface area (Å²) in [6.07, 6.45) is 4.71. The van der Waals surface area contributed by atoms with E-state index >= 15 is 0 Å². The summed E-state index contributed by atoms with van der Waals surface area (Å²) < 4.78 is 10.6. The maximum absolute atomic E-state index is 12.3. The van der Waals surface area contributed by atoms with E-state index in [9.17, 15) is 9.59 Å². The molecule has 0 atom stereocenters. The van der Waals surface area contributed by atoms with Gasteiger partial charge in [-0.1, -0.05) is 0 Å². The molecule has 4 rings (SSSR count). The van der Waals surface area contributed by atoms with E-state index in [1.165, 1.54) is 17.6 Å². The van der Waals surface area contributed by atoms with Gasteiger partial charge in [0.1, 0.15) is 11.5 Å². The summed E-state index contributed by atoms with van der Waals surface area (Å²) in [7, 11) is 0. The normalized spacial score (nSPS) is 10.5. The van der Waals surface area contributed by atoms with Crippen molar-refractivity contribution in [1.82, 2.24) is 15.0 Å². The lowest BCUT2D eigenvalue weighted by atomic mass is 10.2. The molecule has 9 nitrogen and oxygen atoms in total. The van der Waals surface area contributed by atoms with Gasteiger partial charge in [0, 0.05) is 23.5 Å². The van der Waals surface area contributed by atoms with Crippen molar-refractivity contribution in [3.8, 4) is 11.8 Å². The molecule has 1 aromatic carbocycles. The Morgan fingerprint density at radius 1 is 1.10 bits per heavy atom. The highest BCUT2D eigenvalue weighted by Crippen LogP contribution is 2.21. The first kappa shape index (κ1) is 20.2. The van der Waals surface area contributed by atoms with E-state index in [0.717, 1.165) is 0 Å². The molecule has 0 aliphatic heterocycles. The summed E-state index contributed by atoms with van der Waals surface area (Å²) in [5, 5.41) is 7.65. The number of hydrogen-bond acceptors (Lipinski definition) is 8. The molecule has 10 heteroatoms. The Labute approximate surface area is 181 Å². The number of nitrogens with one attached hydrogen (secondary N) is 2. The third-order valence-corrected chi connectivity index (χ3v) is 4.91. The van der Waals surface area contributed by atoms with Crippen molar-refractivity contribution in [3.63, 3.8) is 0 Å². The molecule has 0 saturated heterocycles. The summed E-state index contributed by atoms with van der Waals surface area (Å²) >= 11 is 1.25. The van der Waals surface area contributed by atoms with E-state index in [1.54, 1.807) is 61.1 Å². The first-order valence-corrected chi connectivity index (χ1v) is 10.1. The number of amides is 2. The Morgan fingerprint density at radius 2 is 1.87 bits per heavy atom. The van der Waals surface area contributed by atoms with Crippen LogP contribution in [0.5, 0.6) is 11.8 Å². The van der Waals surface area contributed by atoms with Gasteiger partial charge >= 0.3 is 6.01 Å². The number of benzene rings is 1. The number of rotatable bonds is 7. The van der Waals surface area contributed by atoms with Crippen LogP contribution in [-0.4, -0.2) is 26.8 Å². The molecule has 0 radical (unpaired) electrons. The second-order valence-electron chi connectivity index (χ2n) is 6.37. The molecule has 3 heterocycles. The van der Waals surface area contributed by atoms with Crippen molar-refractivity contribution in [2.24, 2.45) is 0 Å². The van der Waals surface area contributed by atoms with Crippen LogP contribution in [-0.2, 0) is 11.2 Å². The average molecular weight is 435 g/mol. The molecule has 0 saturated carbocycles. The number of thiazole rings is 1. The highest BCUT2D eigenvalue weighted by molar-refractivity contribution is 7.14. The van der Waals surface area contributed by atoms with E-state index in [0.29, 0.717) is 33.6 Å². The second kappa shape index (κ2) is 9.18. The fraction of sp³-hybridized carbons (Fsp3) is 0.0952. The fourth-order valence-electron chi connectivity index (χ4n) is 2.65. The van der Waals surface area contributed by atoms with Crippen LogP contribution in [0.4, 0.5) is 10.8 Å². The highest BCUT2D eigenvalue weighted by atomic mass is 32.1. The zero-order valence-corrected chi connectivity index (χ0v) is 17.2. The SMILES string of the molecule is Cc1occc1C(=O)Nc1nc(CC(=O)Nc2ccc(Oc3ncccn3)cc2)cs1. The van der Waals surface area contributed by atoms with Gasteiger partial charge in [-0.2, -0.15) is 0 Å². The Kier molecular flexibility index (Phi) is 5.99. The molecule has 0 spiro atoms. The summed E-state index contributed by atoms with van der Waals surface area (Å²) in [6, 6.07) is 10.4. The van der Waals surface area contributed by atoms with Crippen molar-refractivity contribution in [2.75, 3.05) is 10.6 Å². The van der Waals surface area contributed by atoms with Crippen LogP contribution in [0.3, 0.4) is 0 Å². The molecule has 2 amide bonds. The predicted octanol–water partition coefficient (Wildman–Crippen LogP) is 4.06. The van der Waals surface area contributed by atoms with Crippen molar-refractivity contribution in [1.29, 1.82) is 0 Å². The zero-order chi connectivity index (χ0) is 21.6. The maximum Gasteiger partial charge on any atom is 0.321 e. The molecule has 2 N–H and O–H groups in total. The highest BCUT2D eigenvalue weighted by Gasteiger charge is 2.14. The minimum Gasteiger partial charge on any atom is -0.469 e. The van der Waals surface area contributed by atoms with Crippen molar-refractivity contribution in [2.45, 2.75) is 13.3 Å². The van der Waals surface area contributed by atoms with Gasteiger partial charge in [-0.15, -0.1) is 11.3 Å². The number of carbonyl (C=O) groups excluding carboxylic acids is 2. The number of nitrogens with zero attached hydrogens (tertiary/aromatic N) is 3. The second-order valence-corrected chi connectivity index (χ2v) is 7.23. The van der Waals surface area contributed by atoms with Crippen LogP contribution in [0.2, 0.25) is 0 Å². The number of ether oxygens (including phenoxy) is 1. The Balaban J connectivity index is 1.30. The van der Waals surface area contributed by atoms with Crippen LogP contribution < -0.4 is 15.4 Å². The molecular weight excluding hydrogens is 418 g/mol. The molecule has 4 aromatic rings. The first-order valence-electron chi connectivity index (χ1n) is 9.21. The molecule has 0 fully saturated rings.